The molecule has 13 nitrogen and oxygen atoms in total. The van der Waals surface area contributed by atoms with E-state index in [2.05, 4.69) is 24.3 Å². The standard InChI is InChI=1S/C39H74N4O9/c1-3-4-5-6-7-8-9-10-11-15-18-21-24-32(45)34(46)31(28-51-38-37(49)36(48)35(47)33(27-44)52-38)43-39(50)42(40-41-43)25-22-19-16-13-12-14-17-20-23-30-26-29(30)2/h29-38,44-49H,3-28H2,1-2H3/t29?,30?,31-,32+,33?,34-,35?,36?,37?,38?/m0/s1. The van der Waals surface area contributed by atoms with E-state index in [1.54, 1.807) is 0 Å². The minimum absolute atomic E-state index is 0.317. The summed E-state index contributed by atoms with van der Waals surface area (Å²) in [5, 5.41) is 70.8. The zero-order valence-corrected chi connectivity index (χ0v) is 32.4. The maximum absolute atomic E-state index is 13.4. The molecule has 2 heterocycles. The fourth-order valence-electron chi connectivity index (χ4n) is 7.50. The van der Waals surface area contributed by atoms with Gasteiger partial charge in [0.2, 0.25) is 0 Å². The minimum Gasteiger partial charge on any atom is -0.394 e. The average Bonchev–Trinajstić information content (AvgIpc) is 3.74. The number of hydrogen-bond donors (Lipinski definition) is 6. The number of aryl methyl sites for hydroxylation is 1. The van der Waals surface area contributed by atoms with Gasteiger partial charge in [-0.25, -0.2) is 4.79 Å². The summed E-state index contributed by atoms with van der Waals surface area (Å²) in [5.41, 5.74) is -0.552. The summed E-state index contributed by atoms with van der Waals surface area (Å²) in [7, 11) is 0. The van der Waals surface area contributed by atoms with Crippen molar-refractivity contribution in [2.24, 2.45) is 11.8 Å². The van der Waals surface area contributed by atoms with Gasteiger partial charge in [-0.15, -0.1) is 0 Å². The molecule has 0 aromatic carbocycles. The van der Waals surface area contributed by atoms with E-state index in [1.807, 2.05) is 0 Å². The average molecular weight is 743 g/mol. The summed E-state index contributed by atoms with van der Waals surface area (Å²) in [6, 6.07) is -1.18. The molecule has 3 rings (SSSR count). The van der Waals surface area contributed by atoms with Crippen LogP contribution in [0.25, 0.3) is 0 Å². The molecule has 1 aliphatic carbocycles. The highest BCUT2D eigenvalue weighted by Gasteiger charge is 2.45. The normalized spacial score (nSPS) is 26.4. The molecule has 52 heavy (non-hydrogen) atoms. The van der Waals surface area contributed by atoms with E-state index in [4.69, 9.17) is 9.47 Å². The summed E-state index contributed by atoms with van der Waals surface area (Å²) >= 11 is 0. The quantitative estimate of drug-likeness (QED) is 0.0574. The van der Waals surface area contributed by atoms with E-state index < -0.39 is 67.9 Å². The number of tetrazole rings is 1. The number of nitrogens with zero attached hydrogens (tertiary/aromatic N) is 4. The van der Waals surface area contributed by atoms with Crippen LogP contribution < -0.4 is 5.69 Å². The molecule has 2 fully saturated rings. The van der Waals surface area contributed by atoms with Crippen LogP contribution in [0.3, 0.4) is 0 Å². The Labute approximate surface area is 312 Å². The smallest absolute Gasteiger partial charge is 0.364 e. The van der Waals surface area contributed by atoms with Crippen LogP contribution in [-0.2, 0) is 16.0 Å². The van der Waals surface area contributed by atoms with Gasteiger partial charge in [0.05, 0.1) is 19.3 Å². The number of hydrogen-bond acceptors (Lipinski definition) is 11. The SMILES string of the molecule is CCCCCCCCCCCCCC[C@@H](O)[C@@H](O)[C@H](COC1OC(CO)C(O)C(O)C1O)n1nnn(CCCCCCCCCCC2CC2C)c1=O. The molecule has 0 radical (unpaired) electrons. The lowest BCUT2D eigenvalue weighted by Gasteiger charge is -2.40. The Hall–Kier alpha value is -1.45. The van der Waals surface area contributed by atoms with Crippen LogP contribution >= 0.6 is 0 Å². The largest absolute Gasteiger partial charge is 0.394 e. The summed E-state index contributed by atoms with van der Waals surface area (Å²) in [6.07, 6.45) is 16.2. The first-order chi connectivity index (χ1) is 25.2. The van der Waals surface area contributed by atoms with Crippen LogP contribution in [0.15, 0.2) is 4.79 Å². The summed E-state index contributed by atoms with van der Waals surface area (Å²) < 4.78 is 13.5. The van der Waals surface area contributed by atoms with Gasteiger partial charge in [0.15, 0.2) is 6.29 Å². The predicted molar refractivity (Wildman–Crippen MR) is 200 cm³/mol. The molecule has 0 spiro atoms. The van der Waals surface area contributed by atoms with Gasteiger partial charge in [0.25, 0.3) is 0 Å². The first kappa shape index (κ1) is 44.9. The summed E-state index contributed by atoms with van der Waals surface area (Å²) in [5.74, 6) is 1.92. The second-order valence-corrected chi connectivity index (χ2v) is 15.9. The Morgan fingerprint density at radius 3 is 1.87 bits per heavy atom. The number of aromatic nitrogens is 4. The van der Waals surface area contributed by atoms with Crippen molar-refractivity contribution in [3.05, 3.63) is 10.5 Å². The van der Waals surface area contributed by atoms with E-state index >= 15 is 0 Å². The molecule has 1 aliphatic heterocycles. The maximum atomic E-state index is 13.4. The van der Waals surface area contributed by atoms with Crippen LogP contribution in [0.1, 0.15) is 168 Å². The maximum Gasteiger partial charge on any atom is 0.364 e. The van der Waals surface area contributed by atoms with Crippen molar-refractivity contribution in [3.8, 4) is 0 Å². The van der Waals surface area contributed by atoms with Gasteiger partial charge in [-0.05, 0) is 41.5 Å². The lowest BCUT2D eigenvalue weighted by Crippen LogP contribution is -2.59. The fourth-order valence-corrected chi connectivity index (χ4v) is 7.50. The highest BCUT2D eigenvalue weighted by molar-refractivity contribution is 4.90. The molecule has 0 amide bonds. The number of ether oxygens (including phenoxy) is 2. The van der Waals surface area contributed by atoms with E-state index in [0.717, 1.165) is 55.0 Å². The number of aliphatic hydroxyl groups is 6. The second-order valence-electron chi connectivity index (χ2n) is 15.9. The van der Waals surface area contributed by atoms with Crippen molar-refractivity contribution >= 4 is 0 Å². The Balaban J connectivity index is 1.46. The van der Waals surface area contributed by atoms with Crippen molar-refractivity contribution in [3.63, 3.8) is 0 Å². The van der Waals surface area contributed by atoms with Crippen LogP contribution in [0, 0.1) is 11.8 Å². The zero-order valence-electron chi connectivity index (χ0n) is 32.4. The Bertz CT molecular complexity index is 1100. The molecule has 13 heteroatoms. The van der Waals surface area contributed by atoms with Gasteiger partial charge in [0, 0.05) is 6.54 Å². The third kappa shape index (κ3) is 15.7. The minimum atomic E-state index is -1.65. The van der Waals surface area contributed by atoms with E-state index in [-0.39, 0.29) is 0 Å². The van der Waals surface area contributed by atoms with Gasteiger partial charge >= 0.3 is 5.69 Å². The van der Waals surface area contributed by atoms with Crippen LogP contribution in [0.5, 0.6) is 0 Å². The molecule has 2 aliphatic rings. The fraction of sp³-hybridized carbons (Fsp3) is 0.974. The molecule has 1 aromatic heterocycles. The number of rotatable bonds is 31. The molecule has 10 atom stereocenters. The summed E-state index contributed by atoms with van der Waals surface area (Å²) in [6.45, 7) is 3.90. The molecule has 304 valence electrons. The number of aliphatic hydroxyl groups excluding tert-OH is 6. The first-order valence-corrected chi connectivity index (χ1v) is 21.0. The van der Waals surface area contributed by atoms with Crippen molar-refractivity contribution in [1.29, 1.82) is 0 Å². The van der Waals surface area contributed by atoms with Crippen LogP contribution in [0.4, 0.5) is 0 Å². The molecule has 0 bridgehead atoms. The first-order valence-electron chi connectivity index (χ1n) is 21.0. The van der Waals surface area contributed by atoms with Gasteiger partial charge in [-0.3, -0.25) is 0 Å². The predicted octanol–water partition coefficient (Wildman–Crippen LogP) is 4.78. The van der Waals surface area contributed by atoms with E-state index in [0.29, 0.717) is 19.4 Å². The lowest BCUT2D eigenvalue weighted by molar-refractivity contribution is -0.304. The van der Waals surface area contributed by atoms with E-state index in [9.17, 15) is 35.4 Å². The highest BCUT2D eigenvalue weighted by atomic mass is 16.7. The third-order valence-corrected chi connectivity index (χ3v) is 11.4. The Kier molecular flexibility index (Phi) is 22.1. The van der Waals surface area contributed by atoms with Gasteiger partial charge in [-0.1, -0.05) is 142 Å². The Morgan fingerprint density at radius 2 is 1.31 bits per heavy atom. The van der Waals surface area contributed by atoms with Gasteiger partial charge in [-0.2, -0.15) is 9.36 Å². The van der Waals surface area contributed by atoms with Crippen molar-refractivity contribution in [2.45, 2.75) is 217 Å². The summed E-state index contributed by atoms with van der Waals surface area (Å²) in [4.78, 5) is 13.4. The second kappa shape index (κ2) is 25.6. The molecule has 1 saturated heterocycles. The zero-order chi connectivity index (χ0) is 37.7. The Morgan fingerprint density at radius 1 is 0.769 bits per heavy atom. The van der Waals surface area contributed by atoms with Crippen LogP contribution in [0.2, 0.25) is 0 Å². The number of unbranched alkanes of at least 4 members (excludes halogenated alkanes) is 18. The van der Waals surface area contributed by atoms with Crippen LogP contribution in [-0.4, -0.2) is 107 Å². The van der Waals surface area contributed by atoms with Crippen molar-refractivity contribution in [1.82, 2.24) is 19.8 Å². The van der Waals surface area contributed by atoms with Crippen molar-refractivity contribution < 1.29 is 40.1 Å². The molecular formula is C39H74N4O9. The molecule has 7 unspecified atom stereocenters. The molecule has 1 saturated carbocycles. The monoisotopic (exact) mass is 743 g/mol. The third-order valence-electron chi connectivity index (χ3n) is 11.4. The van der Waals surface area contributed by atoms with Gasteiger partial charge < -0.3 is 40.1 Å². The van der Waals surface area contributed by atoms with Gasteiger partial charge in [0.1, 0.15) is 36.6 Å². The van der Waals surface area contributed by atoms with E-state index in [1.165, 1.54) is 101 Å². The molecule has 6 N–H and O–H groups in total. The lowest BCUT2D eigenvalue weighted by atomic mass is 9.98. The highest BCUT2D eigenvalue weighted by Crippen LogP contribution is 2.41. The molecular weight excluding hydrogens is 668 g/mol. The van der Waals surface area contributed by atoms with Crippen molar-refractivity contribution in [2.75, 3.05) is 13.2 Å². The topological polar surface area (TPSA) is 193 Å². The molecule has 1 aromatic rings.